The zero-order valence-electron chi connectivity index (χ0n) is 16.3. The van der Waals surface area contributed by atoms with E-state index in [4.69, 9.17) is 0 Å². The zero-order valence-corrected chi connectivity index (χ0v) is 17.1. The molecule has 1 aliphatic heterocycles. The Kier molecular flexibility index (Phi) is 6.02. The highest BCUT2D eigenvalue weighted by atomic mass is 32.2. The molecule has 0 spiro atoms. The molecule has 10 heteroatoms. The first kappa shape index (κ1) is 21.8. The molecule has 1 aliphatic rings. The van der Waals surface area contributed by atoms with E-state index in [0.29, 0.717) is 5.69 Å². The highest BCUT2D eigenvalue weighted by Crippen LogP contribution is 2.38. The number of nitrogens with one attached hydrogen (secondary N) is 2. The van der Waals surface area contributed by atoms with Gasteiger partial charge in [-0.15, -0.1) is 0 Å². The number of alkyl halides is 5. The molecule has 0 amide bonds. The van der Waals surface area contributed by atoms with Crippen LogP contribution in [0.25, 0.3) is 10.9 Å². The zero-order chi connectivity index (χ0) is 22.2. The molecule has 0 saturated carbocycles. The topological polar surface area (TPSA) is 46.1 Å². The largest absolute Gasteiger partial charge is 0.417 e. The number of hydrogen-bond donors (Lipinski definition) is 2. The third-order valence-corrected chi connectivity index (χ3v) is 6.71. The fourth-order valence-corrected chi connectivity index (χ4v) is 5.17. The summed E-state index contributed by atoms with van der Waals surface area (Å²) in [5.74, 6) is 0. The first-order valence-corrected chi connectivity index (χ1v) is 10.9. The lowest BCUT2D eigenvalue weighted by atomic mass is 10.0. The summed E-state index contributed by atoms with van der Waals surface area (Å²) in [5.41, 5.74) is -0.785. The summed E-state index contributed by atoms with van der Waals surface area (Å²) in [5, 5.41) is 6.68. The van der Waals surface area contributed by atoms with Crippen molar-refractivity contribution < 1.29 is 26.2 Å². The summed E-state index contributed by atoms with van der Waals surface area (Å²) in [6.07, 6.45) is -4.98. The van der Waals surface area contributed by atoms with Crippen LogP contribution in [0.2, 0.25) is 0 Å². The molecule has 1 unspecified atom stereocenters. The SMILES string of the molecule is O=S(c1ccccc1C(F)(F)F)n1cc(C(F)F)c2c(NC3CCNCC3)cccc21. The van der Waals surface area contributed by atoms with Crippen LogP contribution < -0.4 is 10.6 Å². The number of halogens is 5. The third kappa shape index (κ3) is 4.31. The molecule has 4 nitrogen and oxygen atoms in total. The van der Waals surface area contributed by atoms with Gasteiger partial charge in [0.1, 0.15) is 0 Å². The van der Waals surface area contributed by atoms with E-state index in [2.05, 4.69) is 10.6 Å². The van der Waals surface area contributed by atoms with Gasteiger partial charge in [0.2, 0.25) is 0 Å². The Labute approximate surface area is 178 Å². The molecule has 1 atom stereocenters. The quantitative estimate of drug-likeness (QED) is 0.509. The van der Waals surface area contributed by atoms with Crippen LogP contribution in [0, 0.1) is 0 Å². The number of aromatic nitrogens is 1. The standard InChI is InChI=1S/C21H20F5N3OS/c22-20(23)14-12-29(31(30)18-7-2-1-4-15(18)21(24,25)26)17-6-3-5-16(19(14)17)28-13-8-10-27-11-9-13/h1-7,12-13,20,27-28H,8-11H2. The van der Waals surface area contributed by atoms with Crippen molar-refractivity contribution in [2.24, 2.45) is 0 Å². The average Bonchev–Trinajstić information content (AvgIpc) is 3.14. The number of fused-ring (bicyclic) bond motifs is 1. The second-order valence-corrected chi connectivity index (χ2v) is 8.65. The lowest BCUT2D eigenvalue weighted by molar-refractivity contribution is -0.139. The molecular weight excluding hydrogens is 437 g/mol. The smallest absolute Gasteiger partial charge is 0.382 e. The van der Waals surface area contributed by atoms with Crippen LogP contribution in [0.1, 0.15) is 30.4 Å². The van der Waals surface area contributed by atoms with Gasteiger partial charge in [-0.1, -0.05) is 18.2 Å². The first-order chi connectivity index (χ1) is 14.8. The van der Waals surface area contributed by atoms with E-state index in [1.165, 1.54) is 18.2 Å². The van der Waals surface area contributed by atoms with Gasteiger partial charge in [0.15, 0.2) is 11.0 Å². The van der Waals surface area contributed by atoms with Crippen molar-refractivity contribution in [1.82, 2.24) is 9.29 Å². The van der Waals surface area contributed by atoms with Gasteiger partial charge in [0.25, 0.3) is 6.43 Å². The van der Waals surface area contributed by atoms with Crippen molar-refractivity contribution in [2.75, 3.05) is 18.4 Å². The van der Waals surface area contributed by atoms with Crippen molar-refractivity contribution in [3.63, 3.8) is 0 Å². The van der Waals surface area contributed by atoms with Gasteiger partial charge >= 0.3 is 6.18 Å². The van der Waals surface area contributed by atoms with Crippen LogP contribution >= 0.6 is 0 Å². The Hall–Kier alpha value is -2.46. The van der Waals surface area contributed by atoms with Gasteiger partial charge in [0.05, 0.1) is 16.0 Å². The van der Waals surface area contributed by atoms with E-state index in [0.717, 1.165) is 48.2 Å². The maximum atomic E-state index is 13.9. The van der Waals surface area contributed by atoms with Crippen molar-refractivity contribution >= 4 is 27.6 Å². The molecule has 4 rings (SSSR count). The maximum absolute atomic E-state index is 13.9. The van der Waals surface area contributed by atoms with E-state index in [1.54, 1.807) is 12.1 Å². The molecule has 166 valence electrons. The molecule has 31 heavy (non-hydrogen) atoms. The Morgan fingerprint density at radius 2 is 1.77 bits per heavy atom. The molecule has 2 heterocycles. The summed E-state index contributed by atoms with van der Waals surface area (Å²) in [7, 11) is -2.36. The van der Waals surface area contributed by atoms with Crippen LogP contribution in [-0.4, -0.2) is 27.3 Å². The molecule has 0 radical (unpaired) electrons. The summed E-state index contributed by atoms with van der Waals surface area (Å²) >= 11 is 0. The Balaban J connectivity index is 1.83. The molecule has 3 aromatic rings. The van der Waals surface area contributed by atoms with E-state index in [-0.39, 0.29) is 22.5 Å². The molecular formula is C21H20F5N3OS. The van der Waals surface area contributed by atoms with Gasteiger partial charge in [-0.2, -0.15) is 13.2 Å². The minimum Gasteiger partial charge on any atom is -0.382 e. The second kappa shape index (κ2) is 8.58. The molecule has 1 fully saturated rings. The highest BCUT2D eigenvalue weighted by molar-refractivity contribution is 7.83. The predicted octanol–water partition coefficient (Wildman–Crippen LogP) is 5.33. The van der Waals surface area contributed by atoms with E-state index in [1.807, 2.05) is 0 Å². The first-order valence-electron chi connectivity index (χ1n) is 9.75. The molecule has 2 aromatic carbocycles. The molecule has 2 N–H and O–H groups in total. The Bertz CT molecular complexity index is 1110. The number of benzene rings is 2. The van der Waals surface area contributed by atoms with E-state index in [9.17, 15) is 26.2 Å². The van der Waals surface area contributed by atoms with Gasteiger partial charge in [-0.25, -0.2) is 13.0 Å². The lowest BCUT2D eigenvalue weighted by Gasteiger charge is -2.25. The molecule has 1 saturated heterocycles. The monoisotopic (exact) mass is 457 g/mol. The lowest BCUT2D eigenvalue weighted by Crippen LogP contribution is -2.35. The van der Waals surface area contributed by atoms with Crippen LogP contribution in [0.3, 0.4) is 0 Å². The van der Waals surface area contributed by atoms with Gasteiger partial charge < -0.3 is 10.6 Å². The summed E-state index contributed by atoms with van der Waals surface area (Å²) in [6.45, 7) is 1.60. The van der Waals surface area contributed by atoms with Gasteiger partial charge in [0, 0.05) is 28.9 Å². The number of rotatable bonds is 5. The Morgan fingerprint density at radius 3 is 2.45 bits per heavy atom. The average molecular weight is 457 g/mol. The number of piperidine rings is 1. The molecule has 1 aromatic heterocycles. The van der Waals surface area contributed by atoms with Crippen LogP contribution in [-0.2, 0) is 17.2 Å². The van der Waals surface area contributed by atoms with E-state index >= 15 is 0 Å². The van der Waals surface area contributed by atoms with Gasteiger partial charge in [-0.05, 0) is 50.2 Å². The van der Waals surface area contributed by atoms with Crippen LogP contribution in [0.15, 0.2) is 53.6 Å². The maximum Gasteiger partial charge on any atom is 0.417 e. The molecule has 0 bridgehead atoms. The van der Waals surface area contributed by atoms with Crippen LogP contribution in [0.5, 0.6) is 0 Å². The highest BCUT2D eigenvalue weighted by Gasteiger charge is 2.35. The third-order valence-electron chi connectivity index (χ3n) is 5.32. The second-order valence-electron chi connectivity index (χ2n) is 7.32. The van der Waals surface area contributed by atoms with Crippen molar-refractivity contribution in [3.05, 3.63) is 59.8 Å². The van der Waals surface area contributed by atoms with Gasteiger partial charge in [-0.3, -0.25) is 3.97 Å². The minimum absolute atomic E-state index is 0.0807. The van der Waals surface area contributed by atoms with Crippen molar-refractivity contribution in [1.29, 1.82) is 0 Å². The normalized spacial score (nSPS) is 16.7. The number of nitrogens with zero attached hydrogens (tertiary/aromatic N) is 1. The Morgan fingerprint density at radius 1 is 1.06 bits per heavy atom. The van der Waals surface area contributed by atoms with Crippen molar-refractivity contribution in [3.8, 4) is 0 Å². The fraction of sp³-hybridized carbons (Fsp3) is 0.333. The molecule has 0 aliphatic carbocycles. The van der Waals surface area contributed by atoms with Crippen LogP contribution in [0.4, 0.5) is 27.6 Å². The number of anilines is 1. The van der Waals surface area contributed by atoms with E-state index < -0.39 is 34.0 Å². The summed E-state index contributed by atoms with van der Waals surface area (Å²) in [4.78, 5) is -0.482. The summed E-state index contributed by atoms with van der Waals surface area (Å²) in [6, 6.07) is 9.31. The minimum atomic E-state index is -4.72. The number of hydrogen-bond acceptors (Lipinski definition) is 3. The summed E-state index contributed by atoms with van der Waals surface area (Å²) < 4.78 is 82.2. The predicted molar refractivity (Wildman–Crippen MR) is 110 cm³/mol. The van der Waals surface area contributed by atoms with Crippen molar-refractivity contribution in [2.45, 2.75) is 36.4 Å². The fourth-order valence-electron chi connectivity index (χ4n) is 3.86.